The van der Waals surface area contributed by atoms with Crippen LogP contribution in [-0.2, 0) is 10.4 Å². The molecule has 1 saturated heterocycles. The Morgan fingerprint density at radius 2 is 1.77 bits per heavy atom. The number of pyridine rings is 2. The highest BCUT2D eigenvalue weighted by Crippen LogP contribution is 2.40. The van der Waals surface area contributed by atoms with Crippen LogP contribution in [0.1, 0.15) is 60.1 Å². The molecule has 4 atom stereocenters. The summed E-state index contributed by atoms with van der Waals surface area (Å²) in [5.74, 6) is -4.51. The smallest absolute Gasteiger partial charge is 0.404 e. The molecule has 3 heterocycles. The molecule has 2 aliphatic rings. The fourth-order valence-electron chi connectivity index (χ4n) is 6.07. The molecule has 3 aromatic rings. The average molecular weight is 602 g/mol. The Morgan fingerprint density at radius 3 is 2.42 bits per heavy atom. The van der Waals surface area contributed by atoms with Crippen LogP contribution in [0.15, 0.2) is 42.7 Å². The third kappa shape index (κ3) is 6.32. The number of alkyl halides is 1. The highest BCUT2D eigenvalue weighted by atomic mass is 19.1. The zero-order chi connectivity index (χ0) is 30.9. The fraction of sp³-hybridized carbons (Fsp3) is 0.400. The Kier molecular flexibility index (Phi) is 8.65. The average Bonchev–Trinajstić information content (AvgIpc) is 2.96. The second-order valence-corrected chi connectivity index (χ2v) is 11.1. The van der Waals surface area contributed by atoms with Gasteiger partial charge in [0.1, 0.15) is 34.5 Å². The maximum Gasteiger partial charge on any atom is 0.404 e. The SMILES string of the molecule is C[C@H]1C[C@@H](c2ccncc2NC(=O)c2ccc(F)c(-c3c(F)cc(C4(F)CCOCC4)cc3F)n2)C[C@@H](N)[C@H]1NC(=O)O. The van der Waals surface area contributed by atoms with Gasteiger partial charge in [0.2, 0.25) is 0 Å². The Hall–Kier alpha value is -4.10. The minimum absolute atomic E-state index is 0.0741. The van der Waals surface area contributed by atoms with Gasteiger partial charge in [-0.3, -0.25) is 9.78 Å². The lowest BCUT2D eigenvalue weighted by atomic mass is 9.73. The second kappa shape index (κ2) is 12.3. The Bertz CT molecular complexity index is 1500. The zero-order valence-corrected chi connectivity index (χ0v) is 23.2. The number of hydrogen-bond donors (Lipinski definition) is 4. The minimum Gasteiger partial charge on any atom is -0.465 e. The van der Waals surface area contributed by atoms with E-state index in [0.717, 1.165) is 24.3 Å². The molecule has 1 saturated carbocycles. The summed E-state index contributed by atoms with van der Waals surface area (Å²) in [4.78, 5) is 32.4. The molecule has 5 N–H and O–H groups in total. The van der Waals surface area contributed by atoms with Crippen LogP contribution in [0.3, 0.4) is 0 Å². The van der Waals surface area contributed by atoms with Crippen molar-refractivity contribution in [2.24, 2.45) is 11.7 Å². The number of nitrogens with zero attached hydrogens (tertiary/aromatic N) is 2. The van der Waals surface area contributed by atoms with Crippen LogP contribution in [-0.4, -0.2) is 52.4 Å². The van der Waals surface area contributed by atoms with Crippen molar-refractivity contribution in [2.45, 2.75) is 56.3 Å². The van der Waals surface area contributed by atoms with E-state index in [1.165, 1.54) is 6.20 Å². The minimum atomic E-state index is -1.98. The maximum atomic E-state index is 15.3. The lowest BCUT2D eigenvalue weighted by Crippen LogP contribution is -2.54. The molecule has 0 spiro atoms. The van der Waals surface area contributed by atoms with E-state index in [4.69, 9.17) is 15.6 Å². The quantitative estimate of drug-likeness (QED) is 0.283. The molecule has 1 aliphatic heterocycles. The topological polar surface area (TPSA) is 139 Å². The number of carboxylic acid groups (broad SMARTS) is 1. The van der Waals surface area contributed by atoms with Crippen molar-refractivity contribution in [1.82, 2.24) is 15.3 Å². The standard InChI is InChI=1S/C30H31F4N5O4/c1-15-10-16(11-22(35)26(15)39-29(41)42)18-4-7-36-14-24(18)38-28(40)23-3-2-19(31)27(37-23)25-20(32)12-17(13-21(25)33)30(34)5-8-43-9-6-30/h2-4,7,12-16,22,26,39H,5-6,8-11,35H2,1H3,(H,38,40)(H,41,42)/t15-,16+,22+,26-/m0/s1. The lowest BCUT2D eigenvalue weighted by molar-refractivity contribution is -0.0117. The molecule has 5 rings (SSSR count). The molecule has 9 nitrogen and oxygen atoms in total. The van der Waals surface area contributed by atoms with Gasteiger partial charge in [0, 0.05) is 44.3 Å². The van der Waals surface area contributed by atoms with Crippen molar-refractivity contribution in [1.29, 1.82) is 0 Å². The molecular weight excluding hydrogens is 570 g/mol. The summed E-state index contributed by atoms with van der Waals surface area (Å²) in [6.45, 7) is 2.09. The summed E-state index contributed by atoms with van der Waals surface area (Å²) >= 11 is 0. The van der Waals surface area contributed by atoms with Gasteiger partial charge in [-0.2, -0.15) is 0 Å². The Labute approximate surface area is 244 Å². The molecule has 0 radical (unpaired) electrons. The largest absolute Gasteiger partial charge is 0.465 e. The summed E-state index contributed by atoms with van der Waals surface area (Å²) in [5.41, 5.74) is 3.27. The van der Waals surface area contributed by atoms with Crippen molar-refractivity contribution in [3.63, 3.8) is 0 Å². The molecule has 228 valence electrons. The summed E-state index contributed by atoms with van der Waals surface area (Å²) in [5, 5.41) is 14.3. The third-order valence-corrected chi connectivity index (χ3v) is 8.28. The molecule has 13 heteroatoms. The maximum absolute atomic E-state index is 15.3. The highest BCUT2D eigenvalue weighted by molar-refractivity contribution is 6.03. The van der Waals surface area contributed by atoms with Gasteiger partial charge in [-0.05, 0) is 66.1 Å². The number of ether oxygens (including phenoxy) is 1. The van der Waals surface area contributed by atoms with Gasteiger partial charge < -0.3 is 26.2 Å². The van der Waals surface area contributed by atoms with Gasteiger partial charge in [-0.25, -0.2) is 27.3 Å². The molecular formula is C30H31F4N5O4. The van der Waals surface area contributed by atoms with Crippen LogP contribution < -0.4 is 16.4 Å². The molecule has 2 fully saturated rings. The second-order valence-electron chi connectivity index (χ2n) is 11.1. The van der Waals surface area contributed by atoms with Gasteiger partial charge in [-0.1, -0.05) is 6.92 Å². The van der Waals surface area contributed by atoms with Crippen molar-refractivity contribution in [3.8, 4) is 11.3 Å². The third-order valence-electron chi connectivity index (χ3n) is 8.28. The van der Waals surface area contributed by atoms with E-state index in [0.29, 0.717) is 24.1 Å². The van der Waals surface area contributed by atoms with E-state index in [1.807, 2.05) is 6.92 Å². The number of amides is 2. The van der Waals surface area contributed by atoms with Crippen LogP contribution >= 0.6 is 0 Å². The number of benzene rings is 1. The number of anilines is 1. The van der Waals surface area contributed by atoms with E-state index in [2.05, 4.69) is 20.6 Å². The first kappa shape index (κ1) is 30.4. The van der Waals surface area contributed by atoms with E-state index in [9.17, 15) is 14.0 Å². The number of hydrogen-bond acceptors (Lipinski definition) is 6. The number of nitrogens with two attached hydrogens (primary N) is 1. The summed E-state index contributed by atoms with van der Waals surface area (Å²) in [6, 6.07) is 4.42. The van der Waals surface area contributed by atoms with E-state index in [-0.39, 0.29) is 49.1 Å². The van der Waals surface area contributed by atoms with E-state index in [1.54, 1.807) is 12.3 Å². The van der Waals surface area contributed by atoms with Crippen LogP contribution in [0, 0.1) is 23.4 Å². The van der Waals surface area contributed by atoms with Gasteiger partial charge >= 0.3 is 6.09 Å². The molecule has 43 heavy (non-hydrogen) atoms. The van der Waals surface area contributed by atoms with Crippen LogP contribution in [0.5, 0.6) is 0 Å². The molecule has 0 bridgehead atoms. The van der Waals surface area contributed by atoms with Crippen molar-refractivity contribution in [3.05, 3.63) is 77.0 Å². The van der Waals surface area contributed by atoms with Crippen molar-refractivity contribution < 1.29 is 37.0 Å². The first-order valence-corrected chi connectivity index (χ1v) is 13.9. The van der Waals surface area contributed by atoms with Crippen LogP contribution in [0.4, 0.5) is 28.0 Å². The summed E-state index contributed by atoms with van der Waals surface area (Å²) in [6.07, 6.45) is 2.68. The number of halogens is 4. The molecule has 1 aromatic carbocycles. The van der Waals surface area contributed by atoms with Crippen LogP contribution in [0.2, 0.25) is 0 Å². The van der Waals surface area contributed by atoms with Gasteiger partial charge in [0.25, 0.3) is 5.91 Å². The van der Waals surface area contributed by atoms with E-state index >= 15 is 13.2 Å². The number of carbonyl (C=O) groups excluding carboxylic acids is 1. The first-order valence-electron chi connectivity index (χ1n) is 13.9. The van der Waals surface area contributed by atoms with Gasteiger partial charge in [0.05, 0.1) is 17.4 Å². The van der Waals surface area contributed by atoms with Crippen molar-refractivity contribution >= 4 is 17.7 Å². The number of carbonyl (C=O) groups is 2. The van der Waals surface area contributed by atoms with Gasteiger partial charge in [0.15, 0.2) is 0 Å². The van der Waals surface area contributed by atoms with Gasteiger partial charge in [-0.15, -0.1) is 0 Å². The number of rotatable bonds is 6. The van der Waals surface area contributed by atoms with Crippen molar-refractivity contribution in [2.75, 3.05) is 18.5 Å². The molecule has 0 unspecified atom stereocenters. The van der Waals surface area contributed by atoms with E-state index < -0.39 is 58.5 Å². The number of nitrogens with one attached hydrogen (secondary N) is 2. The van der Waals surface area contributed by atoms with Crippen LogP contribution in [0.25, 0.3) is 11.3 Å². The first-order chi connectivity index (χ1) is 20.5. The lowest BCUT2D eigenvalue weighted by Gasteiger charge is -2.39. The zero-order valence-electron chi connectivity index (χ0n) is 23.2. The monoisotopic (exact) mass is 601 g/mol. The number of aromatic nitrogens is 2. The fourth-order valence-corrected chi connectivity index (χ4v) is 6.07. The predicted molar refractivity (Wildman–Crippen MR) is 149 cm³/mol. The Morgan fingerprint density at radius 1 is 1.07 bits per heavy atom. The Balaban J connectivity index is 1.39. The highest BCUT2D eigenvalue weighted by Gasteiger charge is 2.37. The summed E-state index contributed by atoms with van der Waals surface area (Å²) < 4.78 is 65.7. The predicted octanol–water partition coefficient (Wildman–Crippen LogP) is 5.27. The molecule has 2 aromatic heterocycles. The summed E-state index contributed by atoms with van der Waals surface area (Å²) in [7, 11) is 0. The molecule has 1 aliphatic carbocycles. The molecule has 2 amide bonds. The normalized spacial score (nSPS) is 23.4.